The molecule has 5 heteroatoms. The van der Waals surface area contributed by atoms with Crippen LogP contribution in [0, 0.1) is 12.8 Å². The van der Waals surface area contributed by atoms with E-state index in [0.717, 1.165) is 30.0 Å². The van der Waals surface area contributed by atoms with Crippen molar-refractivity contribution in [1.29, 1.82) is 0 Å². The molecule has 3 aromatic rings. The number of hydrogen-bond donors (Lipinski definition) is 0. The van der Waals surface area contributed by atoms with Gasteiger partial charge in [-0.05, 0) is 67.1 Å². The number of carbonyl (C=O) groups is 2. The number of hydrogen-bond acceptors (Lipinski definition) is 3. The van der Waals surface area contributed by atoms with Gasteiger partial charge in [-0.15, -0.1) is 0 Å². The van der Waals surface area contributed by atoms with E-state index in [1.54, 1.807) is 4.90 Å². The lowest BCUT2D eigenvalue weighted by molar-refractivity contribution is -0.121. The van der Waals surface area contributed by atoms with Crippen molar-refractivity contribution in [3.05, 3.63) is 89.5 Å². The Bertz CT molecular complexity index is 1210. The molecule has 4 rings (SSSR count). The second kappa shape index (κ2) is 11.4. The third kappa shape index (κ3) is 5.62. The molecule has 1 unspecified atom stereocenters. The maximum absolute atomic E-state index is 13.4. The predicted octanol–water partition coefficient (Wildman–Crippen LogP) is 6.61. The summed E-state index contributed by atoms with van der Waals surface area (Å²) in [6.45, 7) is 9.87. The van der Waals surface area contributed by atoms with Gasteiger partial charge in [0, 0.05) is 18.7 Å². The molecule has 0 spiro atoms. The van der Waals surface area contributed by atoms with Crippen LogP contribution in [0.1, 0.15) is 61.0 Å². The van der Waals surface area contributed by atoms with Gasteiger partial charge in [-0.1, -0.05) is 63.2 Å². The quantitative estimate of drug-likeness (QED) is 0.338. The highest BCUT2D eigenvalue weighted by atomic mass is 16.5. The van der Waals surface area contributed by atoms with Gasteiger partial charge in [-0.3, -0.25) is 9.59 Å². The van der Waals surface area contributed by atoms with E-state index in [1.807, 2.05) is 66.4 Å². The highest BCUT2D eigenvalue weighted by Crippen LogP contribution is 2.35. The van der Waals surface area contributed by atoms with Gasteiger partial charge < -0.3 is 14.5 Å². The molecular weight excluding hydrogens is 448 g/mol. The number of ether oxygens (including phenoxy) is 1. The van der Waals surface area contributed by atoms with Gasteiger partial charge in [-0.25, -0.2) is 0 Å². The Morgan fingerprint density at radius 2 is 1.67 bits per heavy atom. The molecule has 0 saturated carbocycles. The molecule has 5 nitrogen and oxygen atoms in total. The minimum atomic E-state index is -0.304. The highest BCUT2D eigenvalue weighted by Gasteiger charge is 2.33. The molecule has 2 amide bonds. The fraction of sp³-hybridized carbons (Fsp3) is 0.355. The van der Waals surface area contributed by atoms with Crippen LogP contribution in [0.3, 0.4) is 0 Å². The molecule has 3 aromatic carbocycles. The van der Waals surface area contributed by atoms with Crippen LogP contribution in [-0.4, -0.2) is 31.5 Å². The number of aryl methyl sites for hydroxylation is 1. The first kappa shape index (κ1) is 25.5. The number of nitrogens with zero attached hydrogens (tertiary/aromatic N) is 2. The molecule has 0 radical (unpaired) electrons. The van der Waals surface area contributed by atoms with Crippen molar-refractivity contribution >= 4 is 23.2 Å². The molecule has 1 aliphatic rings. The summed E-state index contributed by atoms with van der Waals surface area (Å²) >= 11 is 0. The molecule has 188 valence electrons. The molecule has 0 aromatic heterocycles. The molecule has 0 N–H and O–H groups in total. The Balaban J connectivity index is 1.46. The van der Waals surface area contributed by atoms with Crippen LogP contribution in [0.25, 0.3) is 0 Å². The minimum Gasteiger partial charge on any atom is -0.493 e. The number of rotatable bonds is 8. The lowest BCUT2D eigenvalue weighted by Gasteiger charge is -2.25. The zero-order valence-electron chi connectivity index (χ0n) is 21.7. The molecule has 36 heavy (non-hydrogen) atoms. The van der Waals surface area contributed by atoms with Crippen molar-refractivity contribution in [3.8, 4) is 5.75 Å². The SMILES string of the molecule is Cc1ccc(C(C)C)c(OCCCCN2C(=O)C(C)CN(C(=O)c3ccccc3)c3ccccc32)c1. The summed E-state index contributed by atoms with van der Waals surface area (Å²) < 4.78 is 6.15. The van der Waals surface area contributed by atoms with E-state index in [0.29, 0.717) is 31.2 Å². The molecule has 1 heterocycles. The summed E-state index contributed by atoms with van der Waals surface area (Å²) in [7, 11) is 0. The first-order valence-electron chi connectivity index (χ1n) is 12.9. The van der Waals surface area contributed by atoms with Gasteiger partial charge in [-0.2, -0.15) is 0 Å². The van der Waals surface area contributed by atoms with Crippen molar-refractivity contribution in [2.45, 2.75) is 46.5 Å². The predicted molar refractivity (Wildman–Crippen MR) is 146 cm³/mol. The van der Waals surface area contributed by atoms with E-state index < -0.39 is 0 Å². The summed E-state index contributed by atoms with van der Waals surface area (Å²) in [5, 5.41) is 0. The number of carbonyl (C=O) groups excluding carboxylic acids is 2. The van der Waals surface area contributed by atoms with Crippen LogP contribution >= 0.6 is 0 Å². The van der Waals surface area contributed by atoms with E-state index in [2.05, 4.69) is 39.0 Å². The molecule has 0 aliphatic carbocycles. The fourth-order valence-corrected chi connectivity index (χ4v) is 4.71. The Kier molecular flexibility index (Phi) is 8.09. The lowest BCUT2D eigenvalue weighted by atomic mass is 10.0. The van der Waals surface area contributed by atoms with Gasteiger partial charge in [0.05, 0.1) is 23.9 Å². The standard InChI is InChI=1S/C31H36N2O3/c1-22(2)26-17-16-23(3)20-29(26)36-19-11-10-18-32-27-14-8-9-15-28(27)33(21-24(4)30(32)34)31(35)25-12-6-5-7-13-25/h5-9,12-17,20,22,24H,10-11,18-19,21H2,1-4H3. The van der Waals surface area contributed by atoms with E-state index >= 15 is 0 Å². The molecule has 1 atom stereocenters. The number of amides is 2. The Hall–Kier alpha value is -3.60. The van der Waals surface area contributed by atoms with Crippen LogP contribution in [0.4, 0.5) is 11.4 Å². The zero-order valence-corrected chi connectivity index (χ0v) is 21.7. The third-order valence-electron chi connectivity index (χ3n) is 6.70. The fourth-order valence-electron chi connectivity index (χ4n) is 4.71. The van der Waals surface area contributed by atoms with Crippen LogP contribution in [0.5, 0.6) is 5.75 Å². The highest BCUT2D eigenvalue weighted by molar-refractivity contribution is 6.11. The minimum absolute atomic E-state index is 0.0486. The zero-order chi connectivity index (χ0) is 25.7. The van der Waals surface area contributed by atoms with Gasteiger partial charge in [0.25, 0.3) is 5.91 Å². The van der Waals surface area contributed by atoms with E-state index in [9.17, 15) is 9.59 Å². The van der Waals surface area contributed by atoms with Crippen LogP contribution < -0.4 is 14.5 Å². The maximum atomic E-state index is 13.4. The Labute approximate surface area is 214 Å². The Morgan fingerprint density at radius 3 is 2.39 bits per heavy atom. The lowest BCUT2D eigenvalue weighted by Crippen LogP contribution is -2.38. The molecule has 0 bridgehead atoms. The normalized spacial score (nSPS) is 15.6. The summed E-state index contributed by atoms with van der Waals surface area (Å²) in [5.74, 6) is 1.01. The molecule has 1 aliphatic heterocycles. The summed E-state index contributed by atoms with van der Waals surface area (Å²) in [5.41, 5.74) is 4.59. The number of unbranched alkanes of at least 4 members (excludes halogenated alkanes) is 1. The number of fused-ring (bicyclic) bond motifs is 1. The van der Waals surface area contributed by atoms with Crippen molar-refractivity contribution in [1.82, 2.24) is 0 Å². The van der Waals surface area contributed by atoms with Crippen LogP contribution in [0.15, 0.2) is 72.8 Å². The number of anilines is 2. The molecule has 0 fully saturated rings. The van der Waals surface area contributed by atoms with Gasteiger partial charge in [0.2, 0.25) is 5.91 Å². The summed E-state index contributed by atoms with van der Waals surface area (Å²) in [6.07, 6.45) is 1.64. The average Bonchev–Trinajstić information content (AvgIpc) is 2.98. The topological polar surface area (TPSA) is 49.9 Å². The number of benzene rings is 3. The smallest absolute Gasteiger partial charge is 0.258 e. The van der Waals surface area contributed by atoms with E-state index in [-0.39, 0.29) is 17.7 Å². The van der Waals surface area contributed by atoms with Gasteiger partial charge in [0.15, 0.2) is 0 Å². The summed E-state index contributed by atoms with van der Waals surface area (Å²) in [4.78, 5) is 30.4. The monoisotopic (exact) mass is 484 g/mol. The summed E-state index contributed by atoms with van der Waals surface area (Å²) in [6, 6.07) is 23.3. The first-order chi connectivity index (χ1) is 17.4. The largest absolute Gasteiger partial charge is 0.493 e. The first-order valence-corrected chi connectivity index (χ1v) is 12.9. The Morgan fingerprint density at radius 1 is 0.972 bits per heavy atom. The number of para-hydroxylation sites is 2. The van der Waals surface area contributed by atoms with Gasteiger partial charge >= 0.3 is 0 Å². The van der Waals surface area contributed by atoms with Gasteiger partial charge in [0.1, 0.15) is 5.75 Å². The van der Waals surface area contributed by atoms with Crippen molar-refractivity contribution in [3.63, 3.8) is 0 Å². The molecular formula is C31H36N2O3. The van der Waals surface area contributed by atoms with Crippen molar-refractivity contribution in [2.24, 2.45) is 5.92 Å². The van der Waals surface area contributed by atoms with E-state index in [4.69, 9.17) is 4.74 Å². The maximum Gasteiger partial charge on any atom is 0.258 e. The van der Waals surface area contributed by atoms with Crippen molar-refractivity contribution < 1.29 is 14.3 Å². The average molecular weight is 485 g/mol. The second-order valence-electron chi connectivity index (χ2n) is 9.91. The molecule has 0 saturated heterocycles. The van der Waals surface area contributed by atoms with Crippen LogP contribution in [0.2, 0.25) is 0 Å². The third-order valence-corrected chi connectivity index (χ3v) is 6.70. The van der Waals surface area contributed by atoms with Crippen molar-refractivity contribution in [2.75, 3.05) is 29.5 Å². The second-order valence-corrected chi connectivity index (χ2v) is 9.91. The van der Waals surface area contributed by atoms with Crippen LogP contribution in [-0.2, 0) is 4.79 Å². The van der Waals surface area contributed by atoms with E-state index in [1.165, 1.54) is 11.1 Å².